The molecule has 5 amide bonds. The van der Waals surface area contributed by atoms with Gasteiger partial charge in [0.2, 0.25) is 11.8 Å². The van der Waals surface area contributed by atoms with Gasteiger partial charge < -0.3 is 39.0 Å². The number of aromatic nitrogens is 1. The molecule has 1 aromatic heterocycles. The van der Waals surface area contributed by atoms with Crippen LogP contribution >= 0.6 is 0 Å². The lowest BCUT2D eigenvalue weighted by molar-refractivity contribution is -0.139. The van der Waals surface area contributed by atoms with E-state index in [0.717, 1.165) is 46.5 Å². The maximum absolute atomic E-state index is 13.7. The van der Waals surface area contributed by atoms with E-state index in [2.05, 4.69) is 20.4 Å². The predicted octanol–water partition coefficient (Wildman–Crippen LogP) is 1.99. The number of benzene rings is 2. The quantitative estimate of drug-likeness (QED) is 0.242. The lowest BCUT2D eigenvalue weighted by Gasteiger charge is -2.35. The fourth-order valence-corrected chi connectivity index (χ4v) is 9.56. The fourth-order valence-electron chi connectivity index (χ4n) is 9.56. The summed E-state index contributed by atoms with van der Waals surface area (Å²) < 4.78 is 19.2. The molecule has 0 spiro atoms. The number of nitrogens with zero attached hydrogens (tertiary/aromatic N) is 5. The Kier molecular flexibility index (Phi) is 10.7. The van der Waals surface area contributed by atoms with Gasteiger partial charge in [0.25, 0.3) is 11.5 Å². The Balaban J connectivity index is 0.860. The number of carbonyl (C=O) groups excluding carboxylic acids is 4. The minimum absolute atomic E-state index is 0.0345. The number of urea groups is 1. The van der Waals surface area contributed by atoms with Crippen LogP contribution in [0.5, 0.6) is 17.2 Å². The summed E-state index contributed by atoms with van der Waals surface area (Å²) in [5, 5.41) is 16.4. The van der Waals surface area contributed by atoms with Crippen LogP contribution in [-0.4, -0.2) is 126 Å². The van der Waals surface area contributed by atoms with E-state index in [1.54, 1.807) is 48.9 Å². The van der Waals surface area contributed by atoms with Crippen molar-refractivity contribution in [3.63, 3.8) is 0 Å². The van der Waals surface area contributed by atoms with Crippen molar-refractivity contribution in [3.05, 3.63) is 74.7 Å². The molecule has 2 saturated heterocycles. The molecule has 58 heavy (non-hydrogen) atoms. The Bertz CT molecular complexity index is 2200. The molecule has 4 aliphatic heterocycles. The molecule has 3 aromatic rings. The molecule has 3 fully saturated rings. The highest BCUT2D eigenvalue weighted by molar-refractivity contribution is 6.05. The Morgan fingerprint density at radius 2 is 1.76 bits per heavy atom. The molecule has 16 heteroatoms. The minimum Gasteiger partial charge on any atom is -0.496 e. The Hall–Kier alpha value is -5.45. The zero-order valence-corrected chi connectivity index (χ0v) is 33.6. The summed E-state index contributed by atoms with van der Waals surface area (Å²) in [4.78, 5) is 71.8. The second kappa shape index (κ2) is 15.7. The third kappa shape index (κ3) is 7.17. The van der Waals surface area contributed by atoms with Gasteiger partial charge in [0, 0.05) is 74.6 Å². The van der Waals surface area contributed by atoms with E-state index in [1.807, 2.05) is 32.4 Å². The number of nitrogens with one attached hydrogen (secondary N) is 2. The van der Waals surface area contributed by atoms with Crippen molar-refractivity contribution in [2.24, 2.45) is 13.0 Å². The summed E-state index contributed by atoms with van der Waals surface area (Å²) in [5.41, 5.74) is 4.86. The zero-order chi connectivity index (χ0) is 41.0. The van der Waals surface area contributed by atoms with Crippen LogP contribution in [0.4, 0.5) is 4.79 Å². The van der Waals surface area contributed by atoms with Crippen molar-refractivity contribution in [2.75, 3.05) is 54.6 Å². The number of piperidine rings is 2. The van der Waals surface area contributed by atoms with E-state index < -0.39 is 30.0 Å². The van der Waals surface area contributed by atoms with Crippen molar-refractivity contribution >= 4 is 23.8 Å². The summed E-state index contributed by atoms with van der Waals surface area (Å²) in [5.74, 6) is 0.743. The topological polar surface area (TPSA) is 175 Å². The van der Waals surface area contributed by atoms with Crippen molar-refractivity contribution < 1.29 is 38.5 Å². The van der Waals surface area contributed by atoms with Gasteiger partial charge in [-0.1, -0.05) is 6.07 Å². The monoisotopic (exact) mass is 797 g/mol. The molecule has 2 aromatic carbocycles. The molecule has 5 atom stereocenters. The number of aryl methyl sites for hydroxylation is 1. The number of aliphatic hydroxyl groups excluding tert-OH is 1. The Morgan fingerprint density at radius 3 is 2.43 bits per heavy atom. The molecule has 8 rings (SSSR count). The molecule has 308 valence electrons. The number of amides is 5. The van der Waals surface area contributed by atoms with Gasteiger partial charge >= 0.3 is 6.03 Å². The van der Waals surface area contributed by atoms with E-state index in [9.17, 15) is 29.1 Å². The number of carbonyl (C=O) groups is 4. The summed E-state index contributed by atoms with van der Waals surface area (Å²) in [6, 6.07) is 8.18. The first kappa shape index (κ1) is 39.4. The molecule has 5 heterocycles. The van der Waals surface area contributed by atoms with Gasteiger partial charge in [-0.15, -0.1) is 0 Å². The number of pyridine rings is 1. The van der Waals surface area contributed by atoms with Crippen LogP contribution in [0.2, 0.25) is 0 Å². The molecular formula is C42H51N7O9. The number of ether oxygens (including phenoxy) is 3. The van der Waals surface area contributed by atoms with Gasteiger partial charge in [-0.05, 0) is 81.1 Å². The normalized spacial score (nSPS) is 23.9. The largest absolute Gasteiger partial charge is 0.496 e. The van der Waals surface area contributed by atoms with Crippen molar-refractivity contribution in [2.45, 2.75) is 69.5 Å². The Morgan fingerprint density at radius 1 is 1.00 bits per heavy atom. The van der Waals surface area contributed by atoms with Gasteiger partial charge in [-0.25, -0.2) is 4.79 Å². The highest BCUT2D eigenvalue weighted by Gasteiger charge is 2.46. The number of likely N-dealkylation sites (tertiary alicyclic amines) is 1. The minimum atomic E-state index is -1.28. The van der Waals surface area contributed by atoms with Crippen LogP contribution in [0.15, 0.2) is 41.3 Å². The summed E-state index contributed by atoms with van der Waals surface area (Å²) in [6.07, 6.45) is 3.17. The van der Waals surface area contributed by atoms with Gasteiger partial charge in [-0.3, -0.25) is 34.3 Å². The molecule has 0 radical (unpaired) electrons. The second-order valence-corrected chi connectivity index (χ2v) is 16.3. The lowest BCUT2D eigenvalue weighted by atomic mass is 9.91. The molecular weight excluding hydrogens is 747 g/mol. The molecule has 2 bridgehead atoms. The maximum Gasteiger partial charge on any atom is 0.317 e. The second-order valence-electron chi connectivity index (χ2n) is 16.3. The van der Waals surface area contributed by atoms with Gasteiger partial charge in [-0.2, -0.15) is 0 Å². The van der Waals surface area contributed by atoms with Crippen LogP contribution in [-0.2, 0) is 36.1 Å². The third-order valence-corrected chi connectivity index (χ3v) is 12.4. The number of imide groups is 1. The molecule has 3 N–H and O–H groups in total. The maximum atomic E-state index is 13.7. The predicted molar refractivity (Wildman–Crippen MR) is 211 cm³/mol. The van der Waals surface area contributed by atoms with Crippen molar-refractivity contribution in [1.29, 1.82) is 0 Å². The third-order valence-electron chi connectivity index (χ3n) is 12.4. The average molecular weight is 798 g/mol. The first-order valence-corrected chi connectivity index (χ1v) is 19.9. The lowest BCUT2D eigenvalue weighted by Crippen LogP contribution is -2.53. The Labute approximate surface area is 336 Å². The van der Waals surface area contributed by atoms with Crippen LogP contribution in [0.25, 0.3) is 11.1 Å². The summed E-state index contributed by atoms with van der Waals surface area (Å²) >= 11 is 0. The number of fused-ring (bicyclic) bond motifs is 4. The number of aliphatic hydroxyl groups is 1. The molecule has 1 saturated carbocycles. The summed E-state index contributed by atoms with van der Waals surface area (Å²) in [6.45, 7) is 3.22. The number of methoxy groups -OCH3 is 2. The molecule has 5 unspecified atom stereocenters. The van der Waals surface area contributed by atoms with E-state index in [1.165, 1.54) is 0 Å². The molecule has 5 aliphatic rings. The SMILES string of the molecule is COc1cc(-c2cn(C)c(=O)c3c2CCN(C(=O)NC2CC4CC2CN4CCOc2ccc4c(c2)C(=O)N(C2CCC(=O)NC2=O)C4O)C3)cc(OC)c1CN(C)C. The highest BCUT2D eigenvalue weighted by Crippen LogP contribution is 2.41. The fraction of sp³-hybridized carbons (Fsp3) is 0.500. The number of hydrogen-bond acceptors (Lipinski definition) is 11. The van der Waals surface area contributed by atoms with Crippen LogP contribution in [0.3, 0.4) is 0 Å². The average Bonchev–Trinajstić information content (AvgIpc) is 3.86. The van der Waals surface area contributed by atoms with Crippen LogP contribution in [0.1, 0.15) is 64.5 Å². The van der Waals surface area contributed by atoms with E-state index in [0.29, 0.717) is 73.0 Å². The van der Waals surface area contributed by atoms with Gasteiger partial charge in [0.05, 0.1) is 31.9 Å². The first-order valence-electron chi connectivity index (χ1n) is 19.9. The summed E-state index contributed by atoms with van der Waals surface area (Å²) in [7, 11) is 9.00. The van der Waals surface area contributed by atoms with E-state index in [4.69, 9.17) is 14.2 Å². The van der Waals surface area contributed by atoms with Gasteiger partial charge in [0.1, 0.15) is 29.9 Å². The number of hydrogen-bond donors (Lipinski definition) is 3. The van der Waals surface area contributed by atoms with E-state index in [-0.39, 0.29) is 42.6 Å². The standard InChI is InChI=1S/C42H51N7O9/c1-45(2)20-32-35(56-4)15-23(16-36(32)57-5)30-21-46(3)39(52)31-22-48(11-10-27(30)31)42(55)43-33-17-25-14-24(33)19-47(25)12-13-58-26-6-7-28-29(18-26)41(54)49(40(28)53)34-8-9-37(50)44-38(34)51/h6-7,15-16,18,21,24-25,33-34,40,53H,8-14,17,19-20,22H2,1-5H3,(H,43,55)(H,44,50,51). The smallest absolute Gasteiger partial charge is 0.317 e. The van der Waals surface area contributed by atoms with Crippen molar-refractivity contribution in [3.8, 4) is 28.4 Å². The van der Waals surface area contributed by atoms with Crippen LogP contribution in [0, 0.1) is 5.92 Å². The van der Waals surface area contributed by atoms with Crippen molar-refractivity contribution in [1.82, 2.24) is 34.8 Å². The van der Waals surface area contributed by atoms with E-state index >= 15 is 0 Å². The zero-order valence-electron chi connectivity index (χ0n) is 33.6. The first-order chi connectivity index (χ1) is 27.8. The van der Waals surface area contributed by atoms with Gasteiger partial charge in [0.15, 0.2) is 6.23 Å². The van der Waals surface area contributed by atoms with Crippen LogP contribution < -0.4 is 30.4 Å². The molecule has 1 aliphatic carbocycles. The highest BCUT2D eigenvalue weighted by atomic mass is 16.5. The molecule has 16 nitrogen and oxygen atoms in total. The number of rotatable bonds is 11.